The molecule has 1 atom stereocenters. The van der Waals surface area contributed by atoms with Crippen LogP contribution in [0.5, 0.6) is 0 Å². The van der Waals surface area contributed by atoms with E-state index in [9.17, 15) is 19.5 Å². The summed E-state index contributed by atoms with van der Waals surface area (Å²) in [5.74, 6) is -0.745. The Morgan fingerprint density at radius 3 is 2.04 bits per heavy atom. The predicted octanol–water partition coefficient (Wildman–Crippen LogP) is 1.98. The van der Waals surface area contributed by atoms with E-state index in [0.717, 1.165) is 18.0 Å². The first-order chi connectivity index (χ1) is 25.2. The van der Waals surface area contributed by atoms with Gasteiger partial charge >= 0.3 is 5.97 Å². The Morgan fingerprint density at radius 2 is 1.44 bits per heavy atom. The number of carbonyl (C=O) groups excluding carboxylic acids is 2. The first kappa shape index (κ1) is 42.2. The van der Waals surface area contributed by atoms with Crippen LogP contribution in [0.1, 0.15) is 41.7 Å². The number of fused-ring (bicyclic) bond motifs is 1. The molecule has 0 aliphatic carbocycles. The lowest BCUT2D eigenvalue weighted by molar-refractivity contribution is -0.139. The number of thioether (sulfide) groups is 1. The zero-order chi connectivity index (χ0) is 37.6. The number of hydrogen-bond acceptors (Lipinski definition) is 16. The summed E-state index contributed by atoms with van der Waals surface area (Å²) >= 11 is 1.75. The number of amides is 1. The molecule has 1 aromatic carbocycles. The minimum atomic E-state index is -1.22. The molecule has 0 aliphatic rings. The van der Waals surface area contributed by atoms with Gasteiger partial charge in [-0.15, -0.1) is 0 Å². The number of nitrogens with zero attached hydrogens (tertiary/aromatic N) is 5. The molecule has 3 aromatic rings. The highest BCUT2D eigenvalue weighted by molar-refractivity contribution is 7.98. The number of Topliss-reactive ketones (excluding diaryl/α,β-unsaturated/α-hetero) is 1. The molecule has 0 bridgehead atoms. The summed E-state index contributed by atoms with van der Waals surface area (Å²) < 4.78 is 27.2. The molecule has 6 N–H and O–H groups in total. The van der Waals surface area contributed by atoms with Crippen molar-refractivity contribution in [2.75, 3.05) is 101 Å². The van der Waals surface area contributed by atoms with Crippen LogP contribution in [-0.2, 0) is 39.8 Å². The number of ether oxygens (including phenoxy) is 5. The third-order valence-electron chi connectivity index (χ3n) is 7.45. The molecule has 18 heteroatoms. The number of hydrogen-bond donors (Lipinski definition) is 4. The molecular weight excluding hydrogens is 696 g/mol. The topological polar surface area (TPSA) is 236 Å². The molecule has 0 spiro atoms. The van der Waals surface area contributed by atoms with E-state index < -0.39 is 17.9 Å². The van der Waals surface area contributed by atoms with Gasteiger partial charge in [0.1, 0.15) is 11.8 Å². The van der Waals surface area contributed by atoms with Crippen molar-refractivity contribution in [3.63, 3.8) is 0 Å². The predicted molar refractivity (Wildman–Crippen MR) is 197 cm³/mol. The van der Waals surface area contributed by atoms with Crippen LogP contribution in [-0.4, -0.2) is 134 Å². The van der Waals surface area contributed by atoms with Crippen molar-refractivity contribution in [1.29, 1.82) is 0 Å². The average molecular weight is 747 g/mol. The number of benzene rings is 1. The number of nitrogens with two attached hydrogens (primary N) is 2. The normalized spacial score (nSPS) is 11.8. The second-order valence-corrected chi connectivity index (χ2v) is 12.5. The molecule has 0 aliphatic heterocycles. The number of carbonyl (C=O) groups is 3. The SMILES string of the molecule is CSCCOCCOCCOCCOCCOCCCC(=O)CCC(NC(=O)c1ccc(N(C)Cc2cnc3nc(N)nc(N)c3n2)cc1)C(=O)O. The van der Waals surface area contributed by atoms with Crippen molar-refractivity contribution in [2.45, 2.75) is 38.3 Å². The van der Waals surface area contributed by atoms with E-state index in [2.05, 4.69) is 25.3 Å². The van der Waals surface area contributed by atoms with Crippen molar-refractivity contribution in [3.8, 4) is 0 Å². The second kappa shape index (κ2) is 24.1. The number of nitrogen functional groups attached to an aromatic ring is 2. The Kier molecular flexibility index (Phi) is 19.6. The molecule has 3 rings (SSSR count). The van der Waals surface area contributed by atoms with E-state index in [0.29, 0.717) is 89.3 Å². The van der Waals surface area contributed by atoms with E-state index in [1.807, 2.05) is 18.2 Å². The lowest BCUT2D eigenvalue weighted by Crippen LogP contribution is -2.41. The first-order valence-corrected chi connectivity index (χ1v) is 18.4. The molecule has 0 radical (unpaired) electrons. The monoisotopic (exact) mass is 746 g/mol. The number of anilines is 3. The Bertz CT molecular complexity index is 1540. The molecule has 0 fully saturated rings. The maximum atomic E-state index is 12.8. The maximum absolute atomic E-state index is 12.8. The molecule has 0 saturated carbocycles. The van der Waals surface area contributed by atoms with Crippen LogP contribution in [0.4, 0.5) is 17.5 Å². The molecule has 0 saturated heterocycles. The average Bonchev–Trinajstić information content (AvgIpc) is 3.12. The Morgan fingerprint density at radius 1 is 0.846 bits per heavy atom. The summed E-state index contributed by atoms with van der Waals surface area (Å²) in [5.41, 5.74) is 13.9. The number of aromatic nitrogens is 4. The van der Waals surface area contributed by atoms with Crippen LogP contribution in [0.3, 0.4) is 0 Å². The minimum absolute atomic E-state index is 0.0162. The number of rotatable bonds is 28. The maximum Gasteiger partial charge on any atom is 0.326 e. The summed E-state index contributed by atoms with van der Waals surface area (Å²) in [6.45, 7) is 5.30. The Balaban J connectivity index is 1.25. The van der Waals surface area contributed by atoms with E-state index in [1.165, 1.54) is 0 Å². The molecule has 17 nitrogen and oxygen atoms in total. The van der Waals surface area contributed by atoms with Gasteiger partial charge < -0.3 is 50.5 Å². The van der Waals surface area contributed by atoms with Crippen LogP contribution >= 0.6 is 11.8 Å². The van der Waals surface area contributed by atoms with Gasteiger partial charge in [0.15, 0.2) is 17.0 Å². The molecule has 52 heavy (non-hydrogen) atoms. The lowest BCUT2D eigenvalue weighted by atomic mass is 10.1. The molecular formula is C34H50N8O9S. The Hall–Kier alpha value is -4.20. The van der Waals surface area contributed by atoms with Gasteiger partial charge in [-0.05, 0) is 43.4 Å². The number of carboxylic acid groups (broad SMARTS) is 1. The summed E-state index contributed by atoms with van der Waals surface area (Å²) in [7, 11) is 1.84. The highest BCUT2D eigenvalue weighted by Gasteiger charge is 2.22. The van der Waals surface area contributed by atoms with Gasteiger partial charge in [-0.25, -0.2) is 14.8 Å². The largest absolute Gasteiger partial charge is 0.480 e. The lowest BCUT2D eigenvalue weighted by Gasteiger charge is -2.19. The minimum Gasteiger partial charge on any atom is -0.480 e. The highest BCUT2D eigenvalue weighted by Crippen LogP contribution is 2.19. The standard InChI is InChI=1S/C34H50N8O9S/c1-42(23-25-22-37-31-29(38-25)30(35)40-34(36)41-31)26-7-5-24(6-8-26)32(44)39-28(33(45)46)10-9-27(43)4-3-11-47-12-13-48-14-15-49-16-17-50-18-19-51-20-21-52-2/h5-8,22,28H,3-4,9-21,23H2,1-2H3,(H,39,44)(H,45,46)(H4,35,36,37,40,41). The third kappa shape index (κ3) is 16.0. The van der Waals surface area contributed by atoms with Gasteiger partial charge in [0.05, 0.1) is 77.9 Å². The highest BCUT2D eigenvalue weighted by atomic mass is 32.2. The van der Waals surface area contributed by atoms with Gasteiger partial charge in [-0.2, -0.15) is 21.7 Å². The van der Waals surface area contributed by atoms with Gasteiger partial charge in [0.2, 0.25) is 5.95 Å². The van der Waals surface area contributed by atoms with Gasteiger partial charge in [-0.3, -0.25) is 9.59 Å². The molecule has 2 heterocycles. The first-order valence-electron chi connectivity index (χ1n) is 17.0. The summed E-state index contributed by atoms with van der Waals surface area (Å²) in [5, 5.41) is 12.2. The Labute approximate surface area is 307 Å². The van der Waals surface area contributed by atoms with Crippen molar-refractivity contribution >= 4 is 58.0 Å². The third-order valence-corrected chi connectivity index (χ3v) is 8.02. The smallest absolute Gasteiger partial charge is 0.326 e. The van der Waals surface area contributed by atoms with Crippen LogP contribution < -0.4 is 21.7 Å². The second-order valence-electron chi connectivity index (χ2n) is 11.5. The van der Waals surface area contributed by atoms with Gasteiger partial charge in [0.25, 0.3) is 5.91 Å². The quantitative estimate of drug-likeness (QED) is 0.0777. The van der Waals surface area contributed by atoms with Crippen LogP contribution in [0, 0.1) is 0 Å². The molecule has 1 amide bonds. The number of carboxylic acids is 1. The molecule has 1 unspecified atom stereocenters. The number of nitrogens with one attached hydrogen (secondary N) is 1. The van der Waals surface area contributed by atoms with Gasteiger partial charge in [0, 0.05) is 43.5 Å². The fourth-order valence-corrected chi connectivity index (χ4v) is 4.97. The van der Waals surface area contributed by atoms with Crippen molar-refractivity contribution in [3.05, 3.63) is 41.7 Å². The van der Waals surface area contributed by atoms with E-state index in [-0.39, 0.29) is 42.4 Å². The fourth-order valence-electron chi connectivity index (χ4n) is 4.69. The van der Waals surface area contributed by atoms with Crippen LogP contribution in [0.25, 0.3) is 11.2 Å². The number of ketones is 1. The fraction of sp³-hybridized carbons (Fsp3) is 0.559. The van der Waals surface area contributed by atoms with Crippen LogP contribution in [0.15, 0.2) is 30.5 Å². The van der Waals surface area contributed by atoms with E-state index >= 15 is 0 Å². The van der Waals surface area contributed by atoms with Crippen molar-refractivity contribution in [2.24, 2.45) is 0 Å². The molecule has 286 valence electrons. The zero-order valence-electron chi connectivity index (χ0n) is 29.8. The summed E-state index contributed by atoms with van der Waals surface area (Å²) in [6.07, 6.45) is 4.35. The molecule has 2 aromatic heterocycles. The summed E-state index contributed by atoms with van der Waals surface area (Å²) in [4.78, 5) is 55.6. The van der Waals surface area contributed by atoms with Crippen molar-refractivity contribution < 1.29 is 43.2 Å². The van der Waals surface area contributed by atoms with Crippen LogP contribution in [0.2, 0.25) is 0 Å². The van der Waals surface area contributed by atoms with E-state index in [4.69, 9.17) is 35.2 Å². The van der Waals surface area contributed by atoms with E-state index in [1.54, 1.807) is 42.2 Å². The summed E-state index contributed by atoms with van der Waals surface area (Å²) in [6, 6.07) is 5.43. The zero-order valence-corrected chi connectivity index (χ0v) is 30.6. The van der Waals surface area contributed by atoms with Crippen molar-refractivity contribution in [1.82, 2.24) is 25.3 Å². The number of aliphatic carboxylic acids is 1. The van der Waals surface area contributed by atoms with Gasteiger partial charge in [-0.1, -0.05) is 0 Å².